The number of hydrogen-bond acceptors (Lipinski definition) is 12. The summed E-state index contributed by atoms with van der Waals surface area (Å²) in [7, 11) is 1.34. The van der Waals surface area contributed by atoms with Gasteiger partial charge in [-0.25, -0.2) is 0 Å². The molecule has 3 aromatic carbocycles. The van der Waals surface area contributed by atoms with Crippen LogP contribution in [0.2, 0.25) is 0 Å². The number of benzene rings is 3. The Labute approximate surface area is 283 Å². The van der Waals surface area contributed by atoms with Gasteiger partial charge in [0.25, 0.3) is 0 Å². The van der Waals surface area contributed by atoms with E-state index in [2.05, 4.69) is 5.32 Å². The zero-order chi connectivity index (χ0) is 33.9. The predicted molar refractivity (Wildman–Crippen MR) is 174 cm³/mol. The molecule has 3 aliphatic rings. The van der Waals surface area contributed by atoms with E-state index in [0.717, 1.165) is 5.56 Å². The minimum absolute atomic E-state index is 0.0225. The summed E-state index contributed by atoms with van der Waals surface area (Å²) in [5.41, 5.74) is -2.26. The summed E-state index contributed by atoms with van der Waals surface area (Å²) in [6, 6.07) is 9.06. The third kappa shape index (κ3) is 5.68. The van der Waals surface area contributed by atoms with E-state index in [1.54, 1.807) is 19.1 Å². The van der Waals surface area contributed by atoms with Crippen LogP contribution in [0.5, 0.6) is 23.0 Å². The van der Waals surface area contributed by atoms with Gasteiger partial charge in [0.1, 0.15) is 28.6 Å². The van der Waals surface area contributed by atoms with E-state index in [0.29, 0.717) is 10.1 Å². The van der Waals surface area contributed by atoms with Crippen LogP contribution in [0.1, 0.15) is 81.3 Å². The van der Waals surface area contributed by atoms with Crippen molar-refractivity contribution in [2.45, 2.75) is 75.9 Å². The number of ketones is 3. The average Bonchev–Trinajstić information content (AvgIpc) is 3.03. The summed E-state index contributed by atoms with van der Waals surface area (Å²) in [5.74, 6) is -3.07. The number of fused-ring (bicyclic) bond motifs is 3. The summed E-state index contributed by atoms with van der Waals surface area (Å²) in [6.45, 7) is 3.21. The summed E-state index contributed by atoms with van der Waals surface area (Å²) in [5, 5.41) is 58.8. The quantitative estimate of drug-likeness (QED) is 0.119. The van der Waals surface area contributed by atoms with E-state index < -0.39 is 82.6 Å². The van der Waals surface area contributed by atoms with E-state index in [9.17, 15) is 39.9 Å². The number of carbonyl (C=O) groups excluding carboxylic acids is 3. The molecule has 1 heterocycles. The maximum Gasteiger partial charge on any atom is 0.202 e. The maximum absolute atomic E-state index is 13.9. The normalized spacial score (nSPS) is 26.7. The van der Waals surface area contributed by atoms with Crippen molar-refractivity contribution in [3.05, 3.63) is 78.9 Å². The van der Waals surface area contributed by atoms with Gasteiger partial charge in [-0.2, -0.15) is 0 Å². The minimum Gasteiger partial charge on any atom is -0.507 e. The smallest absolute Gasteiger partial charge is 0.202 e. The number of halogens is 1. The molecule has 6 N–H and O–H groups in total. The highest BCUT2D eigenvalue weighted by molar-refractivity contribution is 14.1. The first-order valence-electron chi connectivity index (χ1n) is 15.1. The molecule has 1 saturated heterocycles. The van der Waals surface area contributed by atoms with Crippen molar-refractivity contribution in [3.63, 3.8) is 0 Å². The zero-order valence-corrected chi connectivity index (χ0v) is 27.9. The number of ether oxygens (including phenoxy) is 3. The second-order valence-electron chi connectivity index (χ2n) is 12.2. The molecule has 13 heteroatoms. The van der Waals surface area contributed by atoms with Crippen molar-refractivity contribution >= 4 is 39.9 Å². The van der Waals surface area contributed by atoms with Crippen LogP contribution in [-0.2, 0) is 27.2 Å². The van der Waals surface area contributed by atoms with Gasteiger partial charge in [0.2, 0.25) is 5.78 Å². The average molecular weight is 760 g/mol. The number of Topliss-reactive ketones (excluding diaryl/α,β-unsaturated/α-hetero) is 1. The summed E-state index contributed by atoms with van der Waals surface area (Å²) in [6.07, 6.45) is -4.59. The molecular weight excluding hydrogens is 725 g/mol. The van der Waals surface area contributed by atoms with Crippen molar-refractivity contribution < 1.29 is 54.1 Å². The number of nitrogens with one attached hydrogen (secondary N) is 1. The molecule has 3 aromatic rings. The molecule has 0 saturated carbocycles. The first-order valence-corrected chi connectivity index (χ1v) is 16.1. The number of hydrogen-bond donors (Lipinski definition) is 6. The molecule has 12 nitrogen and oxygen atoms in total. The second kappa shape index (κ2) is 12.5. The molecule has 248 valence electrons. The van der Waals surface area contributed by atoms with Crippen molar-refractivity contribution in [1.29, 1.82) is 0 Å². The Kier molecular flexibility index (Phi) is 8.82. The van der Waals surface area contributed by atoms with E-state index in [-0.39, 0.29) is 46.6 Å². The van der Waals surface area contributed by atoms with Gasteiger partial charge in [0.15, 0.2) is 17.9 Å². The minimum atomic E-state index is -2.04. The molecule has 0 bridgehead atoms. The topological polar surface area (TPSA) is 192 Å². The van der Waals surface area contributed by atoms with Crippen LogP contribution in [0.4, 0.5) is 0 Å². The van der Waals surface area contributed by atoms with Crippen LogP contribution in [-0.4, -0.2) is 80.1 Å². The second-order valence-corrected chi connectivity index (χ2v) is 13.4. The number of aliphatic hydroxyl groups is 2. The standard InChI is InChI=1S/C34H34INO11/c1-14-29(39)20(36-13-16-7-8-21(38)19(35)9-16)10-24(46-14)47-23-12-34(44,15(2)37)11-18-26(23)33(43)28-27(31(18)41)30(40)17-5-4-6-22(45-3)25(17)32(28)42/h4-9,14,20,23-24,29,36,38-39,41,43-44H,10-13H2,1-3H3/t14-,20-,23-,24-,29+,34-/m0/s1. The molecule has 6 rings (SSSR count). The number of aliphatic hydroxyl groups excluding tert-OH is 1. The molecule has 6 atom stereocenters. The first-order chi connectivity index (χ1) is 22.2. The Bertz CT molecular complexity index is 1810. The Morgan fingerprint density at radius 3 is 2.49 bits per heavy atom. The molecule has 2 aliphatic carbocycles. The Morgan fingerprint density at radius 2 is 1.81 bits per heavy atom. The van der Waals surface area contributed by atoms with E-state index in [1.165, 1.54) is 32.2 Å². The summed E-state index contributed by atoms with van der Waals surface area (Å²) >= 11 is 2.02. The molecule has 0 amide bonds. The van der Waals surface area contributed by atoms with Gasteiger partial charge < -0.3 is 45.1 Å². The molecule has 1 fully saturated rings. The van der Waals surface area contributed by atoms with Crippen LogP contribution in [0.3, 0.4) is 0 Å². The number of aromatic hydroxyl groups is 3. The van der Waals surface area contributed by atoms with Gasteiger partial charge >= 0.3 is 0 Å². The summed E-state index contributed by atoms with van der Waals surface area (Å²) < 4.78 is 18.3. The molecular formula is C34H34INO11. The Hall–Kier alpha value is -3.60. The molecule has 0 radical (unpaired) electrons. The third-order valence-electron chi connectivity index (χ3n) is 9.33. The van der Waals surface area contributed by atoms with Crippen molar-refractivity contribution in [2.75, 3.05) is 7.11 Å². The monoisotopic (exact) mass is 759 g/mol. The number of rotatable bonds is 7. The highest BCUT2D eigenvalue weighted by Crippen LogP contribution is 2.52. The van der Waals surface area contributed by atoms with Crippen LogP contribution >= 0.6 is 22.6 Å². The van der Waals surface area contributed by atoms with Crippen LogP contribution in [0, 0.1) is 3.57 Å². The lowest BCUT2D eigenvalue weighted by Crippen LogP contribution is -2.54. The number of methoxy groups -OCH3 is 1. The zero-order valence-electron chi connectivity index (χ0n) is 25.7. The fourth-order valence-corrected chi connectivity index (χ4v) is 7.32. The van der Waals surface area contributed by atoms with Gasteiger partial charge in [0, 0.05) is 48.5 Å². The fourth-order valence-electron chi connectivity index (χ4n) is 6.74. The van der Waals surface area contributed by atoms with Gasteiger partial charge in [-0.05, 0) is 60.2 Å². The van der Waals surface area contributed by atoms with E-state index in [4.69, 9.17) is 14.2 Å². The first kappa shape index (κ1) is 33.3. The Balaban J connectivity index is 1.37. The molecule has 1 aliphatic heterocycles. The number of phenols is 3. The van der Waals surface area contributed by atoms with Crippen LogP contribution in [0.15, 0.2) is 36.4 Å². The lowest BCUT2D eigenvalue weighted by Gasteiger charge is -2.43. The van der Waals surface area contributed by atoms with Crippen molar-refractivity contribution in [2.24, 2.45) is 0 Å². The third-order valence-corrected chi connectivity index (χ3v) is 10.2. The van der Waals surface area contributed by atoms with Crippen LogP contribution < -0.4 is 10.1 Å². The Morgan fingerprint density at radius 1 is 1.09 bits per heavy atom. The molecule has 0 unspecified atom stereocenters. The maximum atomic E-state index is 13.9. The van der Waals surface area contributed by atoms with Gasteiger partial charge in [-0.15, -0.1) is 0 Å². The van der Waals surface area contributed by atoms with Crippen molar-refractivity contribution in [1.82, 2.24) is 5.32 Å². The lowest BCUT2D eigenvalue weighted by atomic mass is 9.72. The van der Waals surface area contributed by atoms with Crippen LogP contribution in [0.25, 0.3) is 0 Å². The number of phenolic OH excluding ortho intramolecular Hbond substituents is 3. The summed E-state index contributed by atoms with van der Waals surface area (Å²) in [4.78, 5) is 40.3. The SMILES string of the molecule is COc1cccc2c1C(=O)c1c(O)c3c(c(O)c1C2=O)C[C@@](O)(C(C)=O)C[C@@H]3O[C@H]1C[C@H](NCc2ccc(O)c(I)c2)[C@H](O)[C@H](C)O1. The highest BCUT2D eigenvalue weighted by atomic mass is 127. The molecule has 0 aromatic heterocycles. The fraction of sp³-hybridized carbons (Fsp3) is 0.382. The number of carbonyl (C=O) groups is 3. The highest BCUT2D eigenvalue weighted by Gasteiger charge is 2.49. The molecule has 47 heavy (non-hydrogen) atoms. The predicted octanol–water partition coefficient (Wildman–Crippen LogP) is 3.17. The van der Waals surface area contributed by atoms with E-state index in [1.807, 2.05) is 28.7 Å². The van der Waals surface area contributed by atoms with Gasteiger partial charge in [-0.3, -0.25) is 14.4 Å². The van der Waals surface area contributed by atoms with E-state index >= 15 is 0 Å². The van der Waals surface area contributed by atoms with Gasteiger partial charge in [-0.1, -0.05) is 18.2 Å². The lowest BCUT2D eigenvalue weighted by molar-refractivity contribution is -0.249. The van der Waals surface area contributed by atoms with Gasteiger partial charge in [0.05, 0.1) is 45.7 Å². The largest absolute Gasteiger partial charge is 0.507 e. The molecule has 0 spiro atoms. The van der Waals surface area contributed by atoms with Crippen molar-refractivity contribution in [3.8, 4) is 23.0 Å².